The van der Waals surface area contributed by atoms with Crippen LogP contribution in [-0.4, -0.2) is 35.5 Å². The second kappa shape index (κ2) is 4.89. The van der Waals surface area contributed by atoms with Crippen molar-refractivity contribution in [2.45, 2.75) is 63.1 Å². The van der Waals surface area contributed by atoms with Gasteiger partial charge in [-0.1, -0.05) is 12.8 Å². The summed E-state index contributed by atoms with van der Waals surface area (Å²) < 4.78 is 0. The third kappa shape index (κ3) is 2.01. The SMILES string of the molecule is N#C[C@@H]1CCCN1C(=O)[C@@H]1C[C@@H]2CCCC[C@@H]2N1. The Bertz CT molecular complexity index is 362. The van der Waals surface area contributed by atoms with Gasteiger partial charge in [0.2, 0.25) is 5.91 Å². The van der Waals surface area contributed by atoms with Gasteiger partial charge in [-0.3, -0.25) is 4.79 Å². The van der Waals surface area contributed by atoms with Crippen LogP contribution < -0.4 is 5.32 Å². The molecule has 0 aromatic carbocycles. The van der Waals surface area contributed by atoms with Crippen molar-refractivity contribution in [2.75, 3.05) is 6.54 Å². The van der Waals surface area contributed by atoms with Crippen molar-refractivity contribution in [3.8, 4) is 6.07 Å². The summed E-state index contributed by atoms with van der Waals surface area (Å²) in [5.41, 5.74) is 0. The van der Waals surface area contributed by atoms with Gasteiger partial charge in [-0.05, 0) is 38.0 Å². The maximum absolute atomic E-state index is 12.5. The zero-order valence-corrected chi connectivity index (χ0v) is 10.8. The van der Waals surface area contributed by atoms with E-state index >= 15 is 0 Å². The molecular weight excluding hydrogens is 226 g/mol. The number of carbonyl (C=O) groups excluding carboxylic acids is 1. The van der Waals surface area contributed by atoms with Crippen LogP contribution in [0.25, 0.3) is 0 Å². The van der Waals surface area contributed by atoms with E-state index in [1.807, 2.05) is 0 Å². The summed E-state index contributed by atoms with van der Waals surface area (Å²) in [7, 11) is 0. The molecule has 0 aromatic heterocycles. The van der Waals surface area contributed by atoms with Crippen LogP contribution in [0.4, 0.5) is 0 Å². The van der Waals surface area contributed by atoms with E-state index in [1.165, 1.54) is 25.7 Å². The maximum Gasteiger partial charge on any atom is 0.240 e. The molecule has 0 radical (unpaired) electrons. The van der Waals surface area contributed by atoms with Crippen molar-refractivity contribution >= 4 is 5.91 Å². The lowest BCUT2D eigenvalue weighted by molar-refractivity contribution is -0.133. The lowest BCUT2D eigenvalue weighted by atomic mass is 9.85. The van der Waals surface area contributed by atoms with Crippen LogP contribution in [0.2, 0.25) is 0 Å². The highest BCUT2D eigenvalue weighted by molar-refractivity contribution is 5.83. The number of likely N-dealkylation sites (tertiary alicyclic amines) is 1. The molecule has 4 atom stereocenters. The summed E-state index contributed by atoms with van der Waals surface area (Å²) in [6.45, 7) is 0.768. The third-order valence-corrected chi connectivity index (χ3v) is 4.85. The van der Waals surface area contributed by atoms with Crippen molar-refractivity contribution in [1.29, 1.82) is 5.26 Å². The van der Waals surface area contributed by atoms with Gasteiger partial charge in [-0.2, -0.15) is 5.26 Å². The van der Waals surface area contributed by atoms with Crippen LogP contribution in [0.15, 0.2) is 0 Å². The molecule has 2 heterocycles. The summed E-state index contributed by atoms with van der Waals surface area (Å²) in [5, 5.41) is 12.6. The fourth-order valence-electron chi connectivity index (χ4n) is 3.88. The molecular formula is C14H21N3O. The van der Waals surface area contributed by atoms with E-state index in [2.05, 4.69) is 11.4 Å². The summed E-state index contributed by atoms with van der Waals surface area (Å²) in [4.78, 5) is 14.3. The van der Waals surface area contributed by atoms with Gasteiger partial charge in [-0.25, -0.2) is 0 Å². The van der Waals surface area contributed by atoms with Gasteiger partial charge in [0.05, 0.1) is 12.1 Å². The smallest absolute Gasteiger partial charge is 0.240 e. The van der Waals surface area contributed by atoms with E-state index in [0.29, 0.717) is 12.0 Å². The molecule has 1 aliphatic carbocycles. The Morgan fingerprint density at radius 2 is 2.06 bits per heavy atom. The van der Waals surface area contributed by atoms with Crippen molar-refractivity contribution in [2.24, 2.45) is 5.92 Å². The number of rotatable bonds is 1. The minimum atomic E-state index is -0.179. The Morgan fingerprint density at radius 3 is 2.83 bits per heavy atom. The molecule has 18 heavy (non-hydrogen) atoms. The van der Waals surface area contributed by atoms with E-state index in [1.54, 1.807) is 4.90 Å². The van der Waals surface area contributed by atoms with Gasteiger partial charge in [0.15, 0.2) is 0 Å². The molecule has 3 aliphatic rings. The van der Waals surface area contributed by atoms with Crippen molar-refractivity contribution < 1.29 is 4.79 Å². The largest absolute Gasteiger partial charge is 0.325 e. The Balaban J connectivity index is 1.65. The molecule has 1 amide bonds. The predicted octanol–water partition coefficient (Wildman–Crippen LogP) is 1.42. The molecule has 2 saturated heterocycles. The van der Waals surface area contributed by atoms with Crippen LogP contribution in [0.3, 0.4) is 0 Å². The summed E-state index contributed by atoms with van der Waals surface area (Å²) in [6.07, 6.45) is 7.90. The first-order chi connectivity index (χ1) is 8.79. The average molecular weight is 247 g/mol. The number of hydrogen-bond acceptors (Lipinski definition) is 3. The quantitative estimate of drug-likeness (QED) is 0.762. The van der Waals surface area contributed by atoms with E-state index < -0.39 is 0 Å². The lowest BCUT2D eigenvalue weighted by Crippen LogP contribution is -2.47. The van der Waals surface area contributed by atoms with Crippen LogP contribution >= 0.6 is 0 Å². The van der Waals surface area contributed by atoms with Gasteiger partial charge in [0.1, 0.15) is 6.04 Å². The molecule has 0 bridgehead atoms. The molecule has 1 N–H and O–H groups in total. The first-order valence-electron chi connectivity index (χ1n) is 7.26. The molecule has 0 aromatic rings. The van der Waals surface area contributed by atoms with Gasteiger partial charge < -0.3 is 10.2 Å². The zero-order chi connectivity index (χ0) is 12.5. The van der Waals surface area contributed by atoms with E-state index in [0.717, 1.165) is 25.8 Å². The number of carbonyl (C=O) groups is 1. The Morgan fingerprint density at radius 1 is 1.22 bits per heavy atom. The standard InChI is InChI=1S/C14H21N3O/c15-9-11-5-3-7-17(11)14(18)13-8-10-4-1-2-6-12(10)16-13/h10-13,16H,1-8H2/t10-,11-,12-,13-/m0/s1. The normalized spacial score (nSPS) is 39.4. The van der Waals surface area contributed by atoms with E-state index in [4.69, 9.17) is 5.26 Å². The maximum atomic E-state index is 12.5. The minimum absolute atomic E-state index is 0.0213. The molecule has 4 nitrogen and oxygen atoms in total. The zero-order valence-electron chi connectivity index (χ0n) is 10.8. The number of amides is 1. The van der Waals surface area contributed by atoms with Gasteiger partial charge in [0.25, 0.3) is 0 Å². The van der Waals surface area contributed by atoms with E-state index in [9.17, 15) is 4.79 Å². The van der Waals surface area contributed by atoms with Crippen molar-refractivity contribution in [3.05, 3.63) is 0 Å². The van der Waals surface area contributed by atoms with Gasteiger partial charge in [0, 0.05) is 12.6 Å². The third-order valence-electron chi connectivity index (χ3n) is 4.85. The van der Waals surface area contributed by atoms with Gasteiger partial charge >= 0.3 is 0 Å². The fraction of sp³-hybridized carbons (Fsp3) is 0.857. The number of nitrogens with one attached hydrogen (secondary N) is 1. The Kier molecular flexibility index (Phi) is 3.25. The molecule has 2 aliphatic heterocycles. The summed E-state index contributed by atoms with van der Waals surface area (Å²) in [5.74, 6) is 0.865. The number of nitriles is 1. The predicted molar refractivity (Wildman–Crippen MR) is 67.6 cm³/mol. The molecule has 4 heteroatoms. The average Bonchev–Trinajstić information content (AvgIpc) is 3.03. The molecule has 3 fully saturated rings. The topological polar surface area (TPSA) is 56.1 Å². The molecule has 3 rings (SSSR count). The first kappa shape index (κ1) is 12.0. The highest BCUT2D eigenvalue weighted by Gasteiger charge is 2.41. The highest BCUT2D eigenvalue weighted by Crippen LogP contribution is 2.34. The van der Waals surface area contributed by atoms with E-state index in [-0.39, 0.29) is 18.0 Å². The number of nitrogens with zero attached hydrogens (tertiary/aromatic N) is 2. The monoisotopic (exact) mass is 247 g/mol. The number of hydrogen-bond donors (Lipinski definition) is 1. The summed E-state index contributed by atoms with van der Waals surface area (Å²) >= 11 is 0. The molecule has 0 spiro atoms. The second-order valence-corrected chi connectivity index (χ2v) is 5.92. The summed E-state index contributed by atoms with van der Waals surface area (Å²) in [6, 6.07) is 2.61. The van der Waals surface area contributed by atoms with Crippen LogP contribution in [-0.2, 0) is 4.79 Å². The number of fused-ring (bicyclic) bond motifs is 1. The first-order valence-corrected chi connectivity index (χ1v) is 7.26. The molecule has 1 saturated carbocycles. The Labute approximate surface area is 108 Å². The van der Waals surface area contributed by atoms with Crippen LogP contribution in [0, 0.1) is 17.2 Å². The Hall–Kier alpha value is -1.08. The van der Waals surface area contributed by atoms with Crippen LogP contribution in [0.1, 0.15) is 44.9 Å². The van der Waals surface area contributed by atoms with Gasteiger partial charge in [-0.15, -0.1) is 0 Å². The molecule has 98 valence electrons. The van der Waals surface area contributed by atoms with Crippen molar-refractivity contribution in [3.63, 3.8) is 0 Å². The van der Waals surface area contributed by atoms with Crippen LogP contribution in [0.5, 0.6) is 0 Å². The fourth-order valence-corrected chi connectivity index (χ4v) is 3.88. The van der Waals surface area contributed by atoms with Crippen molar-refractivity contribution in [1.82, 2.24) is 10.2 Å². The minimum Gasteiger partial charge on any atom is -0.325 e. The highest BCUT2D eigenvalue weighted by atomic mass is 16.2. The lowest BCUT2D eigenvalue weighted by Gasteiger charge is -2.24. The second-order valence-electron chi connectivity index (χ2n) is 5.92. The molecule has 0 unspecified atom stereocenters.